The summed E-state index contributed by atoms with van der Waals surface area (Å²) in [6.07, 6.45) is 4.31. The van der Waals surface area contributed by atoms with Gasteiger partial charge in [0.25, 0.3) is 0 Å². The van der Waals surface area contributed by atoms with E-state index in [1.54, 1.807) is 6.92 Å². The summed E-state index contributed by atoms with van der Waals surface area (Å²) in [6.45, 7) is 1.70. The molecule has 5 heteroatoms. The molecule has 1 aromatic rings. The van der Waals surface area contributed by atoms with E-state index in [0.29, 0.717) is 0 Å². The molecular formula is C6H9N3OS. The summed E-state index contributed by atoms with van der Waals surface area (Å²) >= 11 is 0. The topological polar surface area (TPSA) is 66.7 Å². The first-order valence-electron chi connectivity index (χ1n) is 3.19. The third-order valence-corrected chi connectivity index (χ3v) is 2.98. The monoisotopic (exact) mass is 171 g/mol. The molecule has 0 fully saturated rings. The van der Waals surface area contributed by atoms with E-state index in [4.69, 9.17) is 4.78 Å². The molecule has 1 atom stereocenters. The van der Waals surface area contributed by atoms with Crippen LogP contribution in [0.3, 0.4) is 0 Å². The normalized spacial score (nSPS) is 15.7. The number of aromatic nitrogens is 2. The molecule has 0 spiro atoms. The van der Waals surface area contributed by atoms with Crippen LogP contribution >= 0.6 is 0 Å². The van der Waals surface area contributed by atoms with E-state index in [-0.39, 0.29) is 10.8 Å². The van der Waals surface area contributed by atoms with Crippen molar-refractivity contribution in [2.45, 2.75) is 11.9 Å². The van der Waals surface area contributed by atoms with Crippen LogP contribution < -0.4 is 0 Å². The molecule has 1 unspecified atom stereocenters. The largest absolute Gasteiger partial charge is 0.260 e. The second-order valence-electron chi connectivity index (χ2n) is 2.01. The van der Waals surface area contributed by atoms with E-state index >= 15 is 0 Å². The number of hydrogen-bond donors (Lipinski definition) is 1. The van der Waals surface area contributed by atoms with E-state index in [1.165, 1.54) is 18.6 Å². The lowest BCUT2D eigenvalue weighted by Crippen LogP contribution is -2.03. The second-order valence-corrected chi connectivity index (χ2v) is 4.35. The molecule has 4 nitrogen and oxygen atoms in total. The van der Waals surface area contributed by atoms with Crippen LogP contribution in [0, 0.1) is 4.78 Å². The Morgan fingerprint density at radius 2 is 2.36 bits per heavy atom. The molecule has 1 heterocycles. The Labute approximate surface area is 65.7 Å². The molecule has 1 rings (SSSR count). The quantitative estimate of drug-likeness (QED) is 0.719. The highest BCUT2D eigenvalue weighted by molar-refractivity contribution is 7.92. The number of rotatable bonds is 2. The smallest absolute Gasteiger partial charge is 0.153 e. The fourth-order valence-electron chi connectivity index (χ4n) is 0.604. The van der Waals surface area contributed by atoms with E-state index in [1.807, 2.05) is 0 Å². The Kier molecular flexibility index (Phi) is 2.19. The van der Waals surface area contributed by atoms with Crippen LogP contribution in [-0.4, -0.2) is 19.9 Å². The summed E-state index contributed by atoms with van der Waals surface area (Å²) in [5.74, 6) is 0.283. The lowest BCUT2D eigenvalue weighted by atomic mass is 10.8. The van der Waals surface area contributed by atoms with Crippen molar-refractivity contribution in [1.82, 2.24) is 9.97 Å². The van der Waals surface area contributed by atoms with Gasteiger partial charge in [0.05, 0.1) is 15.9 Å². The van der Waals surface area contributed by atoms with Gasteiger partial charge in [-0.2, -0.15) is 0 Å². The molecular weight excluding hydrogens is 162 g/mol. The maximum atomic E-state index is 11.3. The van der Waals surface area contributed by atoms with Crippen LogP contribution in [0.5, 0.6) is 0 Å². The minimum Gasteiger partial charge on any atom is -0.260 e. The summed E-state index contributed by atoms with van der Waals surface area (Å²) in [5.41, 5.74) is 0. The standard InChI is InChI=1S/C6H9N3OS/c1-2-11(7,10)6-5-8-3-4-9-6/h3-5,7H,2H2,1H3. The van der Waals surface area contributed by atoms with Gasteiger partial charge in [-0.15, -0.1) is 0 Å². The zero-order chi connectivity index (χ0) is 8.32. The van der Waals surface area contributed by atoms with Gasteiger partial charge in [0.15, 0.2) is 5.03 Å². The minimum atomic E-state index is -2.67. The first-order valence-corrected chi connectivity index (χ1v) is 4.92. The van der Waals surface area contributed by atoms with Crippen molar-refractivity contribution in [3.63, 3.8) is 0 Å². The van der Waals surface area contributed by atoms with Gasteiger partial charge in [-0.3, -0.25) is 4.98 Å². The average molecular weight is 171 g/mol. The van der Waals surface area contributed by atoms with Crippen molar-refractivity contribution < 1.29 is 4.21 Å². The highest BCUT2D eigenvalue weighted by atomic mass is 32.2. The fourth-order valence-corrected chi connectivity index (χ4v) is 1.36. The van der Waals surface area contributed by atoms with Gasteiger partial charge in [-0.05, 0) is 0 Å². The molecule has 0 radical (unpaired) electrons. The van der Waals surface area contributed by atoms with Crippen molar-refractivity contribution >= 4 is 9.73 Å². The van der Waals surface area contributed by atoms with Gasteiger partial charge in [0.2, 0.25) is 0 Å². The van der Waals surface area contributed by atoms with Gasteiger partial charge < -0.3 is 0 Å². The van der Waals surface area contributed by atoms with E-state index in [2.05, 4.69) is 9.97 Å². The van der Waals surface area contributed by atoms with Crippen molar-refractivity contribution in [2.75, 3.05) is 5.75 Å². The van der Waals surface area contributed by atoms with Crippen LogP contribution in [0.4, 0.5) is 0 Å². The van der Waals surface area contributed by atoms with Gasteiger partial charge in [0, 0.05) is 18.1 Å². The highest BCUT2D eigenvalue weighted by Crippen LogP contribution is 2.04. The van der Waals surface area contributed by atoms with E-state index in [0.717, 1.165) is 0 Å². The summed E-state index contributed by atoms with van der Waals surface area (Å²) in [6, 6.07) is 0. The molecule has 0 aliphatic heterocycles. The molecule has 0 saturated carbocycles. The van der Waals surface area contributed by atoms with Gasteiger partial charge in [0.1, 0.15) is 0 Å². The first-order chi connectivity index (χ1) is 5.17. The van der Waals surface area contributed by atoms with Crippen LogP contribution in [0.2, 0.25) is 0 Å². The predicted molar refractivity (Wildman–Crippen MR) is 41.7 cm³/mol. The molecule has 0 aliphatic carbocycles. The highest BCUT2D eigenvalue weighted by Gasteiger charge is 2.07. The second kappa shape index (κ2) is 2.96. The van der Waals surface area contributed by atoms with Crippen molar-refractivity contribution in [1.29, 1.82) is 4.78 Å². The van der Waals surface area contributed by atoms with Gasteiger partial charge in [-0.25, -0.2) is 14.0 Å². The van der Waals surface area contributed by atoms with Gasteiger partial charge in [-0.1, -0.05) is 6.92 Å². The Morgan fingerprint density at radius 3 is 2.82 bits per heavy atom. The summed E-state index contributed by atoms with van der Waals surface area (Å²) < 4.78 is 18.7. The Bertz CT molecular complexity index is 319. The molecule has 0 aromatic carbocycles. The third-order valence-electron chi connectivity index (χ3n) is 1.28. The van der Waals surface area contributed by atoms with Crippen LogP contribution in [0.25, 0.3) is 0 Å². The molecule has 1 aromatic heterocycles. The predicted octanol–water partition coefficient (Wildman–Crippen LogP) is 0.902. The zero-order valence-electron chi connectivity index (χ0n) is 6.15. The number of nitrogens with zero attached hydrogens (tertiary/aromatic N) is 2. The number of nitrogens with one attached hydrogen (secondary N) is 1. The summed E-state index contributed by atoms with van der Waals surface area (Å²) in [4.78, 5) is 7.53. The van der Waals surface area contributed by atoms with E-state index in [9.17, 15) is 4.21 Å². The molecule has 0 saturated heterocycles. The van der Waals surface area contributed by atoms with Crippen LogP contribution in [-0.2, 0) is 9.73 Å². The first kappa shape index (κ1) is 8.13. The molecule has 0 bridgehead atoms. The molecule has 60 valence electrons. The maximum Gasteiger partial charge on any atom is 0.153 e. The summed E-state index contributed by atoms with van der Waals surface area (Å²) in [5, 5.41) is 0.266. The molecule has 1 N–H and O–H groups in total. The maximum absolute atomic E-state index is 11.3. The Balaban J connectivity index is 3.14. The molecule has 11 heavy (non-hydrogen) atoms. The number of hydrogen-bond acceptors (Lipinski definition) is 4. The zero-order valence-corrected chi connectivity index (χ0v) is 6.97. The average Bonchev–Trinajstić information content (AvgIpc) is 2.06. The summed E-state index contributed by atoms with van der Waals surface area (Å²) in [7, 11) is -2.67. The van der Waals surface area contributed by atoms with Crippen molar-refractivity contribution in [3.05, 3.63) is 18.6 Å². The van der Waals surface area contributed by atoms with Gasteiger partial charge >= 0.3 is 0 Å². The molecule has 0 amide bonds. The SMILES string of the molecule is CCS(=N)(=O)c1cnccn1. The van der Waals surface area contributed by atoms with Crippen LogP contribution in [0.15, 0.2) is 23.6 Å². The minimum absolute atomic E-state index is 0.266. The lowest BCUT2D eigenvalue weighted by Gasteiger charge is -2.00. The molecule has 0 aliphatic rings. The fraction of sp³-hybridized carbons (Fsp3) is 0.333. The Morgan fingerprint density at radius 1 is 1.64 bits per heavy atom. The van der Waals surface area contributed by atoms with Crippen LogP contribution in [0.1, 0.15) is 6.92 Å². The lowest BCUT2D eigenvalue weighted by molar-refractivity contribution is 0.671. The van der Waals surface area contributed by atoms with E-state index < -0.39 is 9.73 Å². The van der Waals surface area contributed by atoms with Crippen molar-refractivity contribution in [3.8, 4) is 0 Å². The Hall–Kier alpha value is -0.970. The third kappa shape index (κ3) is 1.74. The van der Waals surface area contributed by atoms with Crippen molar-refractivity contribution in [2.24, 2.45) is 0 Å².